The number of aryl methyl sites for hydroxylation is 1. The Morgan fingerprint density at radius 1 is 1.50 bits per heavy atom. The summed E-state index contributed by atoms with van der Waals surface area (Å²) in [7, 11) is -3.96. The smallest absolute Gasteiger partial charge is 0.306 e. The molecule has 0 bridgehead atoms. The van der Waals surface area contributed by atoms with Gasteiger partial charge in [-0.15, -0.1) is 0 Å². The van der Waals surface area contributed by atoms with Crippen LogP contribution in [0, 0.1) is 22.9 Å². The maximum absolute atomic E-state index is 13.6. The molecule has 1 saturated heterocycles. The number of β-amino-alcohol motifs (C(OH)–C–C–N with tert-alkyl or cyclic N) is 1. The summed E-state index contributed by atoms with van der Waals surface area (Å²) in [4.78, 5) is 9.45. The van der Waals surface area contributed by atoms with E-state index in [1.54, 1.807) is 0 Å². The van der Waals surface area contributed by atoms with Gasteiger partial charge in [-0.2, -0.15) is 8.70 Å². The molecular formula is C11H13FN2O5S. The van der Waals surface area contributed by atoms with Gasteiger partial charge in [0.05, 0.1) is 15.9 Å². The van der Waals surface area contributed by atoms with Crippen molar-refractivity contribution in [3.8, 4) is 0 Å². The summed E-state index contributed by atoms with van der Waals surface area (Å²) in [5.41, 5.74) is -0.985. The fourth-order valence-electron chi connectivity index (χ4n) is 2.08. The third-order valence-corrected chi connectivity index (χ3v) is 5.01. The maximum atomic E-state index is 13.6. The van der Waals surface area contributed by atoms with Crippen molar-refractivity contribution in [1.82, 2.24) is 4.31 Å². The molecule has 0 spiro atoms. The van der Waals surface area contributed by atoms with Crippen LogP contribution in [-0.2, 0) is 10.0 Å². The second-order valence-corrected chi connectivity index (χ2v) is 6.57. The minimum absolute atomic E-state index is 0.0629. The topological polar surface area (TPSA) is 101 Å². The first kappa shape index (κ1) is 14.8. The normalized spacial score (nSPS) is 20.2. The van der Waals surface area contributed by atoms with E-state index in [-0.39, 0.29) is 23.5 Å². The van der Waals surface area contributed by atoms with Gasteiger partial charge in [-0.25, -0.2) is 8.42 Å². The summed E-state index contributed by atoms with van der Waals surface area (Å²) in [6, 6.07) is 1.77. The number of hydrogen-bond donors (Lipinski definition) is 1. The number of nitro groups is 1. The van der Waals surface area contributed by atoms with Crippen molar-refractivity contribution >= 4 is 15.7 Å². The Morgan fingerprint density at radius 3 is 2.65 bits per heavy atom. The Hall–Kier alpha value is -1.58. The largest absolute Gasteiger partial charge is 0.392 e. The molecule has 20 heavy (non-hydrogen) atoms. The van der Waals surface area contributed by atoms with E-state index in [1.165, 1.54) is 6.92 Å². The molecule has 1 aliphatic heterocycles. The minimum atomic E-state index is -3.96. The van der Waals surface area contributed by atoms with Gasteiger partial charge in [0.25, 0.3) is 0 Å². The highest BCUT2D eigenvalue weighted by molar-refractivity contribution is 7.89. The standard InChI is InChI=1S/C11H13FN2O5S/c1-7-4-9(5-10(11(7)12)14(16)17)20(18,19)13-3-2-8(15)6-13/h4-5,8,15H,2-3,6H2,1H3/t8-/m0/s1. The average Bonchev–Trinajstić information content (AvgIpc) is 2.79. The number of halogens is 1. The van der Waals surface area contributed by atoms with Crippen molar-refractivity contribution < 1.29 is 22.8 Å². The van der Waals surface area contributed by atoms with E-state index in [2.05, 4.69) is 0 Å². The van der Waals surface area contributed by atoms with Crippen molar-refractivity contribution in [2.45, 2.75) is 24.3 Å². The number of aliphatic hydroxyl groups excluding tert-OH is 1. The molecule has 0 amide bonds. The van der Waals surface area contributed by atoms with Crippen LogP contribution in [0.3, 0.4) is 0 Å². The third-order valence-electron chi connectivity index (χ3n) is 3.17. The molecule has 1 fully saturated rings. The molecule has 2 rings (SSSR count). The van der Waals surface area contributed by atoms with Gasteiger partial charge >= 0.3 is 5.69 Å². The Labute approximate surface area is 114 Å². The molecule has 1 aliphatic rings. The van der Waals surface area contributed by atoms with Crippen LogP contribution in [0.5, 0.6) is 0 Å². The zero-order valence-corrected chi connectivity index (χ0v) is 11.4. The number of nitrogens with zero attached hydrogens (tertiary/aromatic N) is 2. The van der Waals surface area contributed by atoms with Crippen molar-refractivity contribution in [3.05, 3.63) is 33.6 Å². The summed E-state index contributed by atoms with van der Waals surface area (Å²) >= 11 is 0. The van der Waals surface area contributed by atoms with Crippen molar-refractivity contribution in [2.75, 3.05) is 13.1 Å². The predicted molar refractivity (Wildman–Crippen MR) is 67.2 cm³/mol. The second-order valence-electron chi connectivity index (χ2n) is 4.64. The van der Waals surface area contributed by atoms with Gasteiger partial charge in [0.1, 0.15) is 0 Å². The SMILES string of the molecule is Cc1cc(S(=O)(=O)N2CC[C@H](O)C2)cc([N+](=O)[O-])c1F. The van der Waals surface area contributed by atoms with Crippen molar-refractivity contribution in [2.24, 2.45) is 0 Å². The van der Waals surface area contributed by atoms with Crippen molar-refractivity contribution in [3.63, 3.8) is 0 Å². The lowest BCUT2D eigenvalue weighted by molar-refractivity contribution is -0.387. The van der Waals surface area contributed by atoms with Gasteiger partial charge in [-0.3, -0.25) is 10.1 Å². The highest BCUT2D eigenvalue weighted by Gasteiger charge is 2.33. The summed E-state index contributed by atoms with van der Waals surface area (Å²) < 4.78 is 39.2. The maximum Gasteiger partial charge on any atom is 0.306 e. The van der Waals surface area contributed by atoms with E-state index in [4.69, 9.17) is 0 Å². The van der Waals surface area contributed by atoms with E-state index < -0.39 is 32.6 Å². The highest BCUT2D eigenvalue weighted by atomic mass is 32.2. The van der Waals surface area contributed by atoms with Crippen LogP contribution in [0.2, 0.25) is 0 Å². The molecule has 1 atom stereocenters. The third kappa shape index (κ3) is 2.51. The second kappa shape index (κ2) is 5.08. The number of sulfonamides is 1. The highest BCUT2D eigenvalue weighted by Crippen LogP contribution is 2.28. The van der Waals surface area contributed by atoms with Gasteiger partial charge in [0, 0.05) is 19.2 Å². The van der Waals surface area contributed by atoms with E-state index in [0.29, 0.717) is 12.5 Å². The molecule has 1 heterocycles. The average molecular weight is 304 g/mol. The first-order valence-electron chi connectivity index (χ1n) is 5.86. The summed E-state index contributed by atoms with van der Waals surface area (Å²) in [5, 5.41) is 20.1. The fourth-order valence-corrected chi connectivity index (χ4v) is 3.68. The van der Waals surface area contributed by atoms with Crippen LogP contribution < -0.4 is 0 Å². The molecule has 0 unspecified atom stereocenters. The number of benzene rings is 1. The number of hydrogen-bond acceptors (Lipinski definition) is 5. The van der Waals surface area contributed by atoms with Crippen LogP contribution in [0.15, 0.2) is 17.0 Å². The van der Waals surface area contributed by atoms with Gasteiger partial charge < -0.3 is 5.11 Å². The van der Waals surface area contributed by atoms with Gasteiger partial charge in [0.2, 0.25) is 15.8 Å². The Morgan fingerprint density at radius 2 is 2.15 bits per heavy atom. The zero-order valence-electron chi connectivity index (χ0n) is 10.6. The first-order valence-corrected chi connectivity index (χ1v) is 7.30. The van der Waals surface area contributed by atoms with Crippen LogP contribution in [0.25, 0.3) is 0 Å². The monoisotopic (exact) mass is 304 g/mol. The molecule has 0 radical (unpaired) electrons. The van der Waals surface area contributed by atoms with Crippen molar-refractivity contribution in [1.29, 1.82) is 0 Å². The van der Waals surface area contributed by atoms with E-state index >= 15 is 0 Å². The minimum Gasteiger partial charge on any atom is -0.392 e. The van der Waals surface area contributed by atoms with Gasteiger partial charge in [-0.1, -0.05) is 0 Å². The first-order chi connectivity index (χ1) is 9.23. The van der Waals surface area contributed by atoms with Crippen LogP contribution in [0.1, 0.15) is 12.0 Å². The molecule has 1 aromatic rings. The lowest BCUT2D eigenvalue weighted by Crippen LogP contribution is -2.29. The summed E-state index contributed by atoms with van der Waals surface area (Å²) in [6.45, 7) is 1.33. The van der Waals surface area contributed by atoms with E-state index in [1.807, 2.05) is 0 Å². The zero-order chi connectivity index (χ0) is 15.1. The molecule has 0 aromatic heterocycles. The molecule has 0 aliphatic carbocycles. The quantitative estimate of drug-likeness (QED) is 0.657. The Kier molecular flexibility index (Phi) is 3.76. The molecule has 7 nitrogen and oxygen atoms in total. The van der Waals surface area contributed by atoms with Crippen LogP contribution in [-0.4, -0.2) is 41.9 Å². The van der Waals surface area contributed by atoms with E-state index in [0.717, 1.165) is 10.4 Å². The van der Waals surface area contributed by atoms with Gasteiger partial charge in [-0.05, 0) is 25.0 Å². The molecule has 1 N–H and O–H groups in total. The lowest BCUT2D eigenvalue weighted by Gasteiger charge is -2.16. The molecule has 110 valence electrons. The molecule has 1 aromatic carbocycles. The number of nitro benzene ring substituents is 1. The molecule has 9 heteroatoms. The summed E-state index contributed by atoms with van der Waals surface area (Å²) in [5.74, 6) is -1.05. The number of aliphatic hydroxyl groups is 1. The Balaban J connectivity index is 2.50. The van der Waals surface area contributed by atoms with E-state index in [9.17, 15) is 28.0 Å². The van der Waals surface area contributed by atoms with Gasteiger partial charge in [0.15, 0.2) is 0 Å². The van der Waals surface area contributed by atoms with Crippen LogP contribution in [0.4, 0.5) is 10.1 Å². The fraction of sp³-hybridized carbons (Fsp3) is 0.455. The lowest BCUT2D eigenvalue weighted by atomic mass is 10.2. The summed E-state index contributed by atoms with van der Waals surface area (Å²) in [6.07, 6.45) is -0.442. The Bertz CT molecular complexity index is 661. The molecule has 0 saturated carbocycles. The molecular weight excluding hydrogens is 291 g/mol. The van der Waals surface area contributed by atoms with Crippen LogP contribution >= 0.6 is 0 Å². The number of rotatable bonds is 3. The predicted octanol–water partition coefficient (Wildman–Crippen LogP) is 0.798.